The van der Waals surface area contributed by atoms with Gasteiger partial charge in [-0.25, -0.2) is 0 Å². The molecule has 0 bridgehead atoms. The summed E-state index contributed by atoms with van der Waals surface area (Å²) in [5, 5.41) is 21.8. The van der Waals surface area contributed by atoms with Crippen LogP contribution in [0.4, 0.5) is 0 Å². The highest BCUT2D eigenvalue weighted by Crippen LogP contribution is 2.19. The van der Waals surface area contributed by atoms with Gasteiger partial charge >= 0.3 is 0 Å². The summed E-state index contributed by atoms with van der Waals surface area (Å²) in [6.45, 7) is 4.18. The van der Waals surface area contributed by atoms with E-state index in [1.54, 1.807) is 6.92 Å². The summed E-state index contributed by atoms with van der Waals surface area (Å²) in [5.74, 6) is 0. The van der Waals surface area contributed by atoms with Gasteiger partial charge in [0.2, 0.25) is 0 Å². The van der Waals surface area contributed by atoms with Crippen molar-refractivity contribution < 1.29 is 10.2 Å². The van der Waals surface area contributed by atoms with E-state index in [2.05, 4.69) is 5.32 Å². The molecule has 0 saturated carbocycles. The topological polar surface area (TPSA) is 52.5 Å². The molecule has 11 heavy (non-hydrogen) atoms. The maximum atomic E-state index is 9.53. The number of rotatable bonds is 1. The molecule has 3 N–H and O–H groups in total. The molecule has 1 aliphatic heterocycles. The van der Waals surface area contributed by atoms with Crippen LogP contribution in [0.2, 0.25) is 0 Å². The molecule has 3 heteroatoms. The minimum absolute atomic E-state index is 0.162. The number of piperidine rings is 1. The van der Waals surface area contributed by atoms with Gasteiger partial charge in [0.25, 0.3) is 0 Å². The fraction of sp³-hybridized carbons (Fsp3) is 1.00. The van der Waals surface area contributed by atoms with E-state index in [0.717, 1.165) is 12.8 Å². The normalized spacial score (nSPS) is 42.0. The highest BCUT2D eigenvalue weighted by atomic mass is 16.3. The lowest BCUT2D eigenvalue weighted by Crippen LogP contribution is -2.52. The molecule has 0 spiro atoms. The van der Waals surface area contributed by atoms with Crippen molar-refractivity contribution in [3.05, 3.63) is 0 Å². The van der Waals surface area contributed by atoms with E-state index in [-0.39, 0.29) is 12.1 Å². The van der Waals surface area contributed by atoms with Crippen molar-refractivity contribution in [1.29, 1.82) is 0 Å². The van der Waals surface area contributed by atoms with Gasteiger partial charge in [-0.3, -0.25) is 0 Å². The van der Waals surface area contributed by atoms with Gasteiger partial charge in [-0.15, -0.1) is 0 Å². The Bertz CT molecular complexity index is 124. The predicted molar refractivity (Wildman–Crippen MR) is 43.3 cm³/mol. The second kappa shape index (κ2) is 3.09. The Hall–Kier alpha value is -0.120. The first-order valence-corrected chi connectivity index (χ1v) is 4.15. The maximum absolute atomic E-state index is 9.53. The minimum atomic E-state index is -0.578. The molecule has 1 saturated heterocycles. The van der Waals surface area contributed by atoms with Crippen LogP contribution in [0.3, 0.4) is 0 Å². The maximum Gasteiger partial charge on any atom is 0.0744 e. The number of β-amino-alcohol motifs (C(OH)–C–C–N with tert-alkyl or cyclic N) is 1. The fourth-order valence-corrected chi connectivity index (χ4v) is 1.42. The zero-order valence-electron chi connectivity index (χ0n) is 7.17. The molecule has 1 rings (SSSR count). The number of aliphatic hydroxyl groups is 2. The molecule has 0 aromatic rings. The molecule has 0 unspecified atom stereocenters. The largest absolute Gasteiger partial charge is 0.392 e. The molecule has 0 aliphatic carbocycles. The van der Waals surface area contributed by atoms with Crippen LogP contribution in [-0.2, 0) is 0 Å². The van der Waals surface area contributed by atoms with E-state index >= 15 is 0 Å². The summed E-state index contributed by atoms with van der Waals surface area (Å²) in [7, 11) is 0. The second-order valence-electron chi connectivity index (χ2n) is 3.76. The Morgan fingerprint density at radius 3 is 2.64 bits per heavy atom. The minimum Gasteiger partial charge on any atom is -0.392 e. The molecule has 0 aromatic heterocycles. The third-order valence-corrected chi connectivity index (χ3v) is 2.32. The number of nitrogens with one attached hydrogen (secondary N) is 1. The summed E-state index contributed by atoms with van der Waals surface area (Å²) in [5.41, 5.74) is -0.578. The zero-order chi connectivity index (χ0) is 8.48. The molecule has 0 amide bonds. The Kier molecular flexibility index (Phi) is 2.52. The SMILES string of the molecule is C[C@@H](O)[C@H]1CC[C@@](C)(O)CN1. The van der Waals surface area contributed by atoms with Crippen LogP contribution >= 0.6 is 0 Å². The van der Waals surface area contributed by atoms with Crippen LogP contribution in [0, 0.1) is 0 Å². The fourth-order valence-electron chi connectivity index (χ4n) is 1.42. The van der Waals surface area contributed by atoms with Gasteiger partial charge in [0.1, 0.15) is 0 Å². The van der Waals surface area contributed by atoms with Crippen LogP contribution in [0.15, 0.2) is 0 Å². The van der Waals surface area contributed by atoms with Crippen molar-refractivity contribution in [2.45, 2.75) is 44.4 Å². The first-order chi connectivity index (χ1) is 5.01. The van der Waals surface area contributed by atoms with Gasteiger partial charge < -0.3 is 15.5 Å². The average molecular weight is 159 g/mol. The van der Waals surface area contributed by atoms with Gasteiger partial charge in [-0.05, 0) is 26.7 Å². The Morgan fingerprint density at radius 1 is 1.64 bits per heavy atom. The Balaban J connectivity index is 2.36. The van der Waals surface area contributed by atoms with Gasteiger partial charge in [0, 0.05) is 12.6 Å². The van der Waals surface area contributed by atoms with Crippen molar-refractivity contribution in [3.63, 3.8) is 0 Å². The highest BCUT2D eigenvalue weighted by Gasteiger charge is 2.29. The Morgan fingerprint density at radius 2 is 2.27 bits per heavy atom. The van der Waals surface area contributed by atoms with E-state index in [0.29, 0.717) is 6.54 Å². The first kappa shape index (κ1) is 8.97. The molecule has 1 fully saturated rings. The average Bonchev–Trinajstić information content (AvgIpc) is 1.86. The van der Waals surface area contributed by atoms with Gasteiger partial charge in [-0.2, -0.15) is 0 Å². The first-order valence-electron chi connectivity index (χ1n) is 4.15. The van der Waals surface area contributed by atoms with E-state index in [1.165, 1.54) is 0 Å². The van der Waals surface area contributed by atoms with Crippen LogP contribution in [-0.4, -0.2) is 34.5 Å². The van der Waals surface area contributed by atoms with E-state index in [9.17, 15) is 10.2 Å². The summed E-state index contributed by atoms with van der Waals surface area (Å²) in [6.07, 6.45) is 1.31. The molecule has 3 atom stereocenters. The molecule has 0 radical (unpaired) electrons. The number of aliphatic hydroxyl groups excluding tert-OH is 1. The molecule has 1 heterocycles. The van der Waals surface area contributed by atoms with Crippen molar-refractivity contribution >= 4 is 0 Å². The molecule has 66 valence electrons. The molecule has 3 nitrogen and oxygen atoms in total. The Labute approximate surface area is 67.4 Å². The highest BCUT2D eigenvalue weighted by molar-refractivity contribution is 4.87. The second-order valence-corrected chi connectivity index (χ2v) is 3.76. The van der Waals surface area contributed by atoms with Gasteiger partial charge in [-0.1, -0.05) is 0 Å². The van der Waals surface area contributed by atoms with Crippen LogP contribution in [0.5, 0.6) is 0 Å². The smallest absolute Gasteiger partial charge is 0.0744 e. The summed E-state index contributed by atoms with van der Waals surface area (Å²) >= 11 is 0. The zero-order valence-corrected chi connectivity index (χ0v) is 7.17. The molecule has 0 aromatic carbocycles. The van der Waals surface area contributed by atoms with E-state index < -0.39 is 5.60 Å². The van der Waals surface area contributed by atoms with E-state index in [1.807, 2.05) is 6.92 Å². The summed E-state index contributed by atoms with van der Waals surface area (Å²) in [6, 6.07) is 0.162. The van der Waals surface area contributed by atoms with E-state index in [4.69, 9.17) is 0 Å². The lowest BCUT2D eigenvalue weighted by molar-refractivity contribution is 0.00539. The van der Waals surface area contributed by atoms with Crippen molar-refractivity contribution in [2.24, 2.45) is 0 Å². The van der Waals surface area contributed by atoms with Gasteiger partial charge in [0.05, 0.1) is 11.7 Å². The standard InChI is InChI=1S/C8H17NO2/c1-6(10)7-3-4-8(2,11)5-9-7/h6-7,9-11H,3-5H2,1-2H3/t6-,7-,8-/m1/s1. The molecule has 1 aliphatic rings. The van der Waals surface area contributed by atoms with Crippen LogP contribution in [0.1, 0.15) is 26.7 Å². The lowest BCUT2D eigenvalue weighted by atomic mass is 9.90. The lowest BCUT2D eigenvalue weighted by Gasteiger charge is -2.35. The van der Waals surface area contributed by atoms with Crippen LogP contribution in [0.25, 0.3) is 0 Å². The quantitative estimate of drug-likeness (QED) is 0.499. The number of hydrogen-bond donors (Lipinski definition) is 3. The summed E-state index contributed by atoms with van der Waals surface area (Å²) < 4.78 is 0. The van der Waals surface area contributed by atoms with Crippen LogP contribution < -0.4 is 5.32 Å². The number of hydrogen-bond acceptors (Lipinski definition) is 3. The third-order valence-electron chi connectivity index (χ3n) is 2.32. The van der Waals surface area contributed by atoms with Crippen molar-refractivity contribution in [3.8, 4) is 0 Å². The molecular formula is C8H17NO2. The monoisotopic (exact) mass is 159 g/mol. The third kappa shape index (κ3) is 2.43. The van der Waals surface area contributed by atoms with Crippen molar-refractivity contribution in [2.75, 3.05) is 6.54 Å². The van der Waals surface area contributed by atoms with Gasteiger partial charge in [0.15, 0.2) is 0 Å². The van der Waals surface area contributed by atoms with Crippen molar-refractivity contribution in [1.82, 2.24) is 5.32 Å². The summed E-state index contributed by atoms with van der Waals surface area (Å²) in [4.78, 5) is 0. The predicted octanol–water partition coefficient (Wildman–Crippen LogP) is -0.130. The molecular weight excluding hydrogens is 142 g/mol.